The van der Waals surface area contributed by atoms with Gasteiger partial charge in [-0.05, 0) is 65.6 Å². The van der Waals surface area contributed by atoms with Gasteiger partial charge in [0.15, 0.2) is 5.76 Å². The average Bonchev–Trinajstić information content (AvgIpc) is 3.49. The fourth-order valence-electron chi connectivity index (χ4n) is 4.02. The molecule has 11 heteroatoms. The van der Waals surface area contributed by atoms with Gasteiger partial charge in [-0.2, -0.15) is 13.2 Å². The number of nitrogens with zero attached hydrogens (tertiary/aromatic N) is 1. The third kappa shape index (κ3) is 8.96. The third-order valence-corrected chi connectivity index (χ3v) is 6.31. The minimum atomic E-state index is -4.80. The highest BCUT2D eigenvalue weighted by Gasteiger charge is 2.36. The lowest BCUT2D eigenvalue weighted by Gasteiger charge is -2.21. The van der Waals surface area contributed by atoms with E-state index < -0.39 is 48.5 Å². The lowest BCUT2D eigenvalue weighted by Crippen LogP contribution is -2.44. The van der Waals surface area contributed by atoms with Crippen molar-refractivity contribution in [2.24, 2.45) is 0 Å². The van der Waals surface area contributed by atoms with E-state index in [9.17, 15) is 27.6 Å². The number of halogens is 3. The Morgan fingerprint density at radius 2 is 1.42 bits per heavy atom. The van der Waals surface area contributed by atoms with Gasteiger partial charge in [0.25, 0.3) is 5.91 Å². The molecule has 0 saturated carbocycles. The second-order valence-corrected chi connectivity index (χ2v) is 9.98. The first-order valence-electron chi connectivity index (χ1n) is 13.4. The van der Waals surface area contributed by atoms with Crippen molar-refractivity contribution < 1.29 is 36.7 Å². The van der Waals surface area contributed by atoms with Crippen molar-refractivity contribution in [3.8, 4) is 11.5 Å². The molecule has 0 spiro atoms. The predicted molar refractivity (Wildman–Crippen MR) is 154 cm³/mol. The summed E-state index contributed by atoms with van der Waals surface area (Å²) in [6.45, 7) is 3.13. The Bertz CT molecular complexity index is 1530. The van der Waals surface area contributed by atoms with Gasteiger partial charge in [-0.25, -0.2) is 0 Å². The number of furan rings is 1. The number of nitrogens with one attached hydrogen (secondary N) is 2. The van der Waals surface area contributed by atoms with E-state index in [1.165, 1.54) is 5.56 Å². The van der Waals surface area contributed by atoms with Crippen LogP contribution >= 0.6 is 0 Å². The van der Waals surface area contributed by atoms with Crippen molar-refractivity contribution in [3.05, 3.63) is 114 Å². The lowest BCUT2D eigenvalue weighted by atomic mass is 10.0. The number of carbonyl (C=O) groups is 3. The Morgan fingerprint density at radius 3 is 2.00 bits per heavy atom. The molecule has 1 aromatic heterocycles. The summed E-state index contributed by atoms with van der Waals surface area (Å²) in [5, 5.41) is 5.25. The molecule has 4 rings (SSSR count). The quantitative estimate of drug-likeness (QED) is 0.204. The van der Waals surface area contributed by atoms with Gasteiger partial charge < -0.3 is 24.7 Å². The first-order valence-corrected chi connectivity index (χ1v) is 13.4. The van der Waals surface area contributed by atoms with Gasteiger partial charge in [0, 0.05) is 12.2 Å². The number of hydrogen-bond donors (Lipinski definition) is 2. The molecule has 2 N–H and O–H groups in total. The van der Waals surface area contributed by atoms with Gasteiger partial charge in [-0.1, -0.05) is 56.3 Å². The highest BCUT2D eigenvalue weighted by Crippen LogP contribution is 2.31. The van der Waals surface area contributed by atoms with E-state index in [1.54, 1.807) is 48.5 Å². The molecule has 8 nitrogen and oxygen atoms in total. The van der Waals surface area contributed by atoms with Crippen LogP contribution in [0, 0.1) is 0 Å². The van der Waals surface area contributed by atoms with Crippen LogP contribution in [0.2, 0.25) is 0 Å². The van der Waals surface area contributed by atoms with Gasteiger partial charge in [-0.3, -0.25) is 14.4 Å². The summed E-state index contributed by atoms with van der Waals surface area (Å²) >= 11 is 0. The minimum Gasteiger partial charge on any atom is -0.457 e. The van der Waals surface area contributed by atoms with Crippen LogP contribution in [-0.4, -0.2) is 35.7 Å². The van der Waals surface area contributed by atoms with Gasteiger partial charge in [-0.15, -0.1) is 0 Å². The summed E-state index contributed by atoms with van der Waals surface area (Å²) < 4.78 is 49.6. The number of carbonyl (C=O) groups excluding carboxylic acids is 3. The Labute approximate surface area is 246 Å². The zero-order valence-corrected chi connectivity index (χ0v) is 23.5. The molecule has 0 radical (unpaired) electrons. The zero-order valence-electron chi connectivity index (χ0n) is 23.5. The molecule has 3 aromatic carbocycles. The molecular formula is C32H30F3N3O5. The monoisotopic (exact) mass is 593 g/mol. The number of hydrogen-bond acceptors (Lipinski definition) is 5. The molecule has 0 saturated heterocycles. The molecule has 0 atom stereocenters. The molecule has 1 heterocycles. The maximum Gasteiger partial charge on any atom is 0.449 e. The fourth-order valence-corrected chi connectivity index (χ4v) is 4.02. The normalized spacial score (nSPS) is 11.2. The van der Waals surface area contributed by atoms with Crippen LogP contribution < -0.4 is 15.4 Å². The van der Waals surface area contributed by atoms with Gasteiger partial charge in [0.1, 0.15) is 24.6 Å². The molecule has 0 aliphatic rings. The predicted octanol–water partition coefficient (Wildman–Crippen LogP) is 6.61. The number of rotatable bonds is 11. The summed E-state index contributed by atoms with van der Waals surface area (Å²) in [6.07, 6.45) is -4.80. The molecule has 43 heavy (non-hydrogen) atoms. The van der Waals surface area contributed by atoms with Crippen LogP contribution in [0.25, 0.3) is 0 Å². The maximum atomic E-state index is 13.0. The van der Waals surface area contributed by atoms with E-state index in [0.717, 1.165) is 16.5 Å². The number of anilines is 1. The van der Waals surface area contributed by atoms with Crippen LogP contribution in [0.1, 0.15) is 47.2 Å². The van der Waals surface area contributed by atoms with Crippen LogP contribution in [0.15, 0.2) is 95.4 Å². The van der Waals surface area contributed by atoms with E-state index in [-0.39, 0.29) is 6.54 Å². The van der Waals surface area contributed by atoms with Crippen molar-refractivity contribution in [2.45, 2.75) is 32.5 Å². The molecule has 0 aliphatic carbocycles. The Hall–Kier alpha value is -5.06. The summed E-state index contributed by atoms with van der Waals surface area (Å²) in [6, 6.07) is 24.6. The highest BCUT2D eigenvalue weighted by molar-refractivity contribution is 5.99. The van der Waals surface area contributed by atoms with Crippen molar-refractivity contribution in [1.29, 1.82) is 0 Å². The molecule has 3 amide bonds. The fraction of sp³-hybridized carbons (Fsp3) is 0.219. The first-order chi connectivity index (χ1) is 20.5. The number of benzene rings is 3. The van der Waals surface area contributed by atoms with Gasteiger partial charge >= 0.3 is 6.18 Å². The van der Waals surface area contributed by atoms with Gasteiger partial charge in [0.05, 0.1) is 0 Å². The molecular weight excluding hydrogens is 563 g/mol. The number of ether oxygens (including phenoxy) is 1. The molecule has 4 aromatic rings. The maximum absolute atomic E-state index is 13.0. The Kier molecular flexibility index (Phi) is 9.87. The summed E-state index contributed by atoms with van der Waals surface area (Å²) in [7, 11) is 0. The molecule has 0 unspecified atom stereocenters. The molecule has 0 bridgehead atoms. The summed E-state index contributed by atoms with van der Waals surface area (Å²) in [4.78, 5) is 39.4. The zero-order chi connectivity index (χ0) is 31.0. The first kappa shape index (κ1) is 30.9. The topological polar surface area (TPSA) is 101 Å². The Balaban J connectivity index is 1.40. The van der Waals surface area contributed by atoms with Crippen LogP contribution in [0.5, 0.6) is 11.5 Å². The van der Waals surface area contributed by atoms with Crippen molar-refractivity contribution in [1.82, 2.24) is 10.2 Å². The van der Waals surface area contributed by atoms with Crippen molar-refractivity contribution in [2.75, 3.05) is 18.4 Å². The SMILES string of the molecule is CC(C)c1ccc(Oc2ccc(NC(=O)CN(CC(=O)NCc3ccccc3)C(=O)c3ccc(C(F)(F)F)o3)cc2)cc1. The van der Waals surface area contributed by atoms with E-state index >= 15 is 0 Å². The summed E-state index contributed by atoms with van der Waals surface area (Å²) in [5.41, 5.74) is 2.36. The van der Waals surface area contributed by atoms with Crippen LogP contribution in [0.3, 0.4) is 0 Å². The third-order valence-electron chi connectivity index (χ3n) is 6.31. The second-order valence-electron chi connectivity index (χ2n) is 9.98. The van der Waals surface area contributed by atoms with Crippen molar-refractivity contribution >= 4 is 23.4 Å². The van der Waals surface area contributed by atoms with Crippen LogP contribution in [-0.2, 0) is 22.3 Å². The van der Waals surface area contributed by atoms with Crippen LogP contribution in [0.4, 0.5) is 18.9 Å². The standard InChI is InChI=1S/C32H30F3N3O5/c1-21(2)23-8-12-25(13-9-23)42-26-14-10-24(11-15-26)37-30(40)20-38(19-29(39)36-18-22-6-4-3-5-7-22)31(41)27-16-17-28(43-27)32(33,34)35/h3-17,21H,18-20H2,1-2H3,(H,36,39)(H,37,40). The number of alkyl halides is 3. The lowest BCUT2D eigenvalue weighted by molar-refractivity contribution is -0.153. The molecule has 0 fully saturated rings. The van der Waals surface area contributed by atoms with E-state index in [0.29, 0.717) is 29.2 Å². The van der Waals surface area contributed by atoms with E-state index in [1.807, 2.05) is 30.3 Å². The van der Waals surface area contributed by atoms with E-state index in [2.05, 4.69) is 28.9 Å². The molecule has 224 valence electrons. The highest BCUT2D eigenvalue weighted by atomic mass is 19.4. The smallest absolute Gasteiger partial charge is 0.449 e. The van der Waals surface area contributed by atoms with E-state index in [4.69, 9.17) is 4.74 Å². The number of amides is 3. The second kappa shape index (κ2) is 13.7. The van der Waals surface area contributed by atoms with Gasteiger partial charge in [0.2, 0.25) is 17.6 Å². The Morgan fingerprint density at radius 1 is 0.814 bits per heavy atom. The average molecular weight is 594 g/mol. The summed E-state index contributed by atoms with van der Waals surface area (Å²) in [5.74, 6) is -2.80. The van der Waals surface area contributed by atoms with Crippen molar-refractivity contribution in [3.63, 3.8) is 0 Å². The largest absolute Gasteiger partial charge is 0.457 e. The minimum absolute atomic E-state index is 0.156. The molecule has 0 aliphatic heterocycles.